The highest BCUT2D eigenvalue weighted by molar-refractivity contribution is 6.03. The molecule has 3 nitrogen and oxygen atoms in total. The molecular formula is C5H9ClN2O. The highest BCUT2D eigenvalue weighted by atomic mass is 35.5. The minimum atomic E-state index is 0. The maximum atomic E-state index is 10.6. The van der Waals surface area contributed by atoms with Crippen molar-refractivity contribution in [2.45, 2.75) is 13.3 Å². The van der Waals surface area contributed by atoms with Gasteiger partial charge in [0.15, 0.2) is 0 Å². The average Bonchev–Trinajstić information content (AvgIpc) is 1.85. The van der Waals surface area contributed by atoms with Gasteiger partial charge in [-0.3, -0.25) is 4.79 Å². The molecular weight excluding hydrogens is 140 g/mol. The van der Waals surface area contributed by atoms with Crippen LogP contribution in [0.4, 0.5) is 0 Å². The van der Waals surface area contributed by atoms with Crippen molar-refractivity contribution in [2.24, 2.45) is 5.10 Å². The lowest BCUT2D eigenvalue weighted by molar-refractivity contribution is -0.127. The fourth-order valence-electron chi connectivity index (χ4n) is 0.680. The van der Waals surface area contributed by atoms with Crippen molar-refractivity contribution in [2.75, 3.05) is 7.05 Å². The highest BCUT2D eigenvalue weighted by Gasteiger charge is 2.15. The SMILES string of the molecule is CC1=NN(C)C(=O)C1.Cl. The summed E-state index contributed by atoms with van der Waals surface area (Å²) in [6.45, 7) is 1.85. The number of halogens is 1. The summed E-state index contributed by atoms with van der Waals surface area (Å²) >= 11 is 0. The summed E-state index contributed by atoms with van der Waals surface area (Å²) < 4.78 is 0. The Labute approximate surface area is 60.1 Å². The van der Waals surface area contributed by atoms with Crippen LogP contribution in [-0.4, -0.2) is 23.7 Å². The van der Waals surface area contributed by atoms with Gasteiger partial charge >= 0.3 is 0 Å². The molecule has 1 aliphatic rings. The monoisotopic (exact) mass is 148 g/mol. The lowest BCUT2D eigenvalue weighted by atomic mass is 10.3. The molecule has 0 unspecified atom stereocenters. The summed E-state index contributed by atoms with van der Waals surface area (Å²) in [6.07, 6.45) is 0.497. The van der Waals surface area contributed by atoms with E-state index >= 15 is 0 Å². The molecule has 0 saturated carbocycles. The summed E-state index contributed by atoms with van der Waals surface area (Å²) in [7, 11) is 1.67. The van der Waals surface area contributed by atoms with Crippen LogP contribution in [0.1, 0.15) is 13.3 Å². The summed E-state index contributed by atoms with van der Waals surface area (Å²) in [5.41, 5.74) is 0.900. The second-order valence-electron chi connectivity index (χ2n) is 1.93. The van der Waals surface area contributed by atoms with Crippen LogP contribution in [-0.2, 0) is 4.79 Å². The Kier molecular flexibility index (Phi) is 2.65. The fraction of sp³-hybridized carbons (Fsp3) is 0.600. The first-order valence-electron chi connectivity index (χ1n) is 2.51. The molecule has 0 aromatic heterocycles. The molecule has 1 heterocycles. The van der Waals surface area contributed by atoms with Gasteiger partial charge in [-0.25, -0.2) is 5.01 Å². The molecule has 0 radical (unpaired) electrons. The molecule has 9 heavy (non-hydrogen) atoms. The third-order valence-electron chi connectivity index (χ3n) is 1.09. The van der Waals surface area contributed by atoms with Crippen molar-refractivity contribution < 1.29 is 4.79 Å². The van der Waals surface area contributed by atoms with E-state index in [9.17, 15) is 4.79 Å². The topological polar surface area (TPSA) is 32.7 Å². The van der Waals surface area contributed by atoms with Gasteiger partial charge in [0.2, 0.25) is 5.91 Å². The summed E-state index contributed by atoms with van der Waals surface area (Å²) in [4.78, 5) is 10.6. The fourth-order valence-corrected chi connectivity index (χ4v) is 0.680. The Hall–Kier alpha value is -0.570. The maximum absolute atomic E-state index is 10.6. The Morgan fingerprint density at radius 1 is 1.67 bits per heavy atom. The van der Waals surface area contributed by atoms with Crippen LogP contribution in [0.3, 0.4) is 0 Å². The molecule has 0 fully saturated rings. The van der Waals surface area contributed by atoms with Crippen LogP contribution in [0.2, 0.25) is 0 Å². The number of rotatable bonds is 0. The van der Waals surface area contributed by atoms with Gasteiger partial charge in [-0.05, 0) is 6.92 Å². The van der Waals surface area contributed by atoms with Gasteiger partial charge in [0.25, 0.3) is 0 Å². The molecule has 1 rings (SSSR count). The number of hydrogen-bond acceptors (Lipinski definition) is 2. The molecule has 0 saturated heterocycles. The Morgan fingerprint density at radius 2 is 2.22 bits per heavy atom. The molecule has 1 amide bonds. The van der Waals surface area contributed by atoms with E-state index < -0.39 is 0 Å². The first kappa shape index (κ1) is 8.43. The lowest BCUT2D eigenvalue weighted by Crippen LogP contribution is -2.13. The number of nitrogens with zero attached hydrogens (tertiary/aromatic N) is 2. The summed E-state index contributed by atoms with van der Waals surface area (Å²) in [5.74, 6) is 0.0856. The van der Waals surface area contributed by atoms with Crippen molar-refractivity contribution in [1.82, 2.24) is 5.01 Å². The van der Waals surface area contributed by atoms with Crippen LogP contribution in [0, 0.1) is 0 Å². The average molecular weight is 149 g/mol. The van der Waals surface area contributed by atoms with Crippen molar-refractivity contribution in [3.8, 4) is 0 Å². The van der Waals surface area contributed by atoms with E-state index in [0.717, 1.165) is 5.71 Å². The van der Waals surface area contributed by atoms with Gasteiger partial charge in [-0.15, -0.1) is 12.4 Å². The Bertz CT molecular complexity index is 155. The number of hydrazone groups is 1. The third kappa shape index (κ3) is 1.68. The van der Waals surface area contributed by atoms with Crippen LogP contribution in [0.15, 0.2) is 5.10 Å². The highest BCUT2D eigenvalue weighted by Crippen LogP contribution is 2.02. The minimum absolute atomic E-state index is 0. The van der Waals surface area contributed by atoms with Gasteiger partial charge in [0.1, 0.15) is 0 Å². The molecule has 0 bridgehead atoms. The first-order valence-corrected chi connectivity index (χ1v) is 2.51. The quantitative estimate of drug-likeness (QED) is 0.497. The molecule has 4 heteroatoms. The second-order valence-corrected chi connectivity index (χ2v) is 1.93. The van der Waals surface area contributed by atoms with Gasteiger partial charge in [-0.1, -0.05) is 0 Å². The van der Waals surface area contributed by atoms with Crippen molar-refractivity contribution in [3.63, 3.8) is 0 Å². The number of carbonyl (C=O) groups excluding carboxylic acids is 1. The molecule has 0 aromatic carbocycles. The molecule has 0 aliphatic carbocycles. The normalized spacial score (nSPS) is 17.3. The molecule has 1 aliphatic heterocycles. The molecule has 0 spiro atoms. The molecule has 52 valence electrons. The van der Waals surface area contributed by atoms with Crippen LogP contribution in [0.25, 0.3) is 0 Å². The van der Waals surface area contributed by atoms with Gasteiger partial charge in [0, 0.05) is 12.8 Å². The second kappa shape index (κ2) is 2.82. The summed E-state index contributed by atoms with van der Waals surface area (Å²) in [5, 5.41) is 5.24. The van der Waals surface area contributed by atoms with E-state index in [4.69, 9.17) is 0 Å². The van der Waals surface area contributed by atoms with E-state index in [1.165, 1.54) is 5.01 Å². The smallest absolute Gasteiger partial charge is 0.248 e. The summed E-state index contributed by atoms with van der Waals surface area (Å²) in [6, 6.07) is 0. The van der Waals surface area contributed by atoms with Crippen LogP contribution >= 0.6 is 12.4 Å². The molecule has 0 aromatic rings. The van der Waals surface area contributed by atoms with Gasteiger partial charge < -0.3 is 0 Å². The van der Waals surface area contributed by atoms with E-state index in [-0.39, 0.29) is 18.3 Å². The maximum Gasteiger partial charge on any atom is 0.248 e. The number of amides is 1. The Morgan fingerprint density at radius 3 is 2.33 bits per heavy atom. The number of carbonyl (C=O) groups is 1. The standard InChI is InChI=1S/C5H8N2O.ClH/c1-4-3-5(8)7(2)6-4;/h3H2,1-2H3;1H. The van der Waals surface area contributed by atoms with Gasteiger partial charge in [0.05, 0.1) is 6.42 Å². The number of hydrogen-bond donors (Lipinski definition) is 0. The molecule has 0 atom stereocenters. The van der Waals surface area contributed by atoms with E-state index in [2.05, 4.69) is 5.10 Å². The van der Waals surface area contributed by atoms with E-state index in [1.807, 2.05) is 6.92 Å². The van der Waals surface area contributed by atoms with Crippen molar-refractivity contribution in [3.05, 3.63) is 0 Å². The first-order chi connectivity index (χ1) is 3.70. The predicted molar refractivity (Wildman–Crippen MR) is 37.7 cm³/mol. The Balaban J connectivity index is 0.000000640. The van der Waals surface area contributed by atoms with E-state index in [0.29, 0.717) is 6.42 Å². The van der Waals surface area contributed by atoms with Crippen LogP contribution < -0.4 is 0 Å². The zero-order chi connectivity index (χ0) is 6.15. The van der Waals surface area contributed by atoms with Crippen molar-refractivity contribution >= 4 is 24.0 Å². The largest absolute Gasteiger partial charge is 0.273 e. The lowest BCUT2D eigenvalue weighted by Gasteiger charge is -1.98. The minimum Gasteiger partial charge on any atom is -0.273 e. The predicted octanol–water partition coefficient (Wildman–Crippen LogP) is 0.646. The van der Waals surface area contributed by atoms with Crippen LogP contribution in [0.5, 0.6) is 0 Å². The van der Waals surface area contributed by atoms with Crippen molar-refractivity contribution in [1.29, 1.82) is 0 Å². The van der Waals surface area contributed by atoms with Gasteiger partial charge in [-0.2, -0.15) is 5.10 Å². The zero-order valence-electron chi connectivity index (χ0n) is 5.42. The third-order valence-corrected chi connectivity index (χ3v) is 1.09. The van der Waals surface area contributed by atoms with E-state index in [1.54, 1.807) is 7.05 Å². The zero-order valence-corrected chi connectivity index (χ0v) is 6.23. The molecule has 0 N–H and O–H groups in total.